The molecule has 0 heterocycles. The number of aromatic hydroxyl groups is 1. The van der Waals surface area contributed by atoms with E-state index in [1.807, 2.05) is 0 Å². The van der Waals surface area contributed by atoms with E-state index in [4.69, 9.17) is 4.74 Å². The fourth-order valence-electron chi connectivity index (χ4n) is 3.03. The molecule has 26 heavy (non-hydrogen) atoms. The van der Waals surface area contributed by atoms with Crippen LogP contribution < -0.4 is 12.4 Å². The van der Waals surface area contributed by atoms with Crippen molar-refractivity contribution in [2.45, 2.75) is 78.7 Å². The molecular formula is C22H40ClNO2. The number of quaternary nitrogens is 1. The molecule has 1 aromatic rings. The molecule has 0 fully saturated rings. The van der Waals surface area contributed by atoms with Gasteiger partial charge < -0.3 is 26.7 Å². The lowest BCUT2D eigenvalue weighted by Crippen LogP contribution is -3.00. The minimum atomic E-state index is -0.0884. The molecule has 4 heteroatoms. The van der Waals surface area contributed by atoms with E-state index in [1.165, 1.54) is 5.56 Å². The summed E-state index contributed by atoms with van der Waals surface area (Å²) in [6, 6.07) is 4.35. The number of ether oxygens (including phenoxy) is 1. The summed E-state index contributed by atoms with van der Waals surface area (Å²) in [7, 11) is 4.40. The van der Waals surface area contributed by atoms with E-state index in [0.717, 1.165) is 41.6 Å². The van der Waals surface area contributed by atoms with Gasteiger partial charge in [0.05, 0.1) is 20.7 Å². The van der Waals surface area contributed by atoms with Crippen LogP contribution in [0, 0.1) is 0 Å². The van der Waals surface area contributed by atoms with Crippen LogP contribution >= 0.6 is 0 Å². The number of hydrogen-bond donors (Lipinski definition) is 1. The highest BCUT2D eigenvalue weighted by Gasteiger charge is 2.28. The van der Waals surface area contributed by atoms with Crippen molar-refractivity contribution in [3.8, 4) is 5.75 Å². The van der Waals surface area contributed by atoms with Gasteiger partial charge in [0.1, 0.15) is 12.3 Å². The molecule has 1 N–H and O–H groups in total. The van der Waals surface area contributed by atoms with Gasteiger partial charge in [0.25, 0.3) is 0 Å². The average molecular weight is 386 g/mol. The van der Waals surface area contributed by atoms with Crippen molar-refractivity contribution in [2.75, 3.05) is 27.4 Å². The van der Waals surface area contributed by atoms with Crippen LogP contribution in [0.25, 0.3) is 0 Å². The van der Waals surface area contributed by atoms with Crippen molar-refractivity contribution < 1.29 is 26.7 Å². The molecule has 0 aliphatic carbocycles. The summed E-state index contributed by atoms with van der Waals surface area (Å²) in [5.41, 5.74) is 3.14. The fourth-order valence-corrected chi connectivity index (χ4v) is 3.03. The lowest BCUT2D eigenvalue weighted by molar-refractivity contribution is -0.922. The second-order valence-corrected chi connectivity index (χ2v) is 10.0. The van der Waals surface area contributed by atoms with Gasteiger partial charge in [-0.2, -0.15) is 0 Å². The summed E-state index contributed by atoms with van der Waals surface area (Å²) in [5, 5.41) is 10.9. The maximum Gasteiger partial charge on any atom is 0.182 e. The van der Waals surface area contributed by atoms with Crippen molar-refractivity contribution in [1.29, 1.82) is 0 Å². The van der Waals surface area contributed by atoms with Gasteiger partial charge in [0.2, 0.25) is 0 Å². The van der Waals surface area contributed by atoms with Gasteiger partial charge >= 0.3 is 0 Å². The van der Waals surface area contributed by atoms with E-state index >= 15 is 0 Å². The molecule has 0 spiro atoms. The van der Waals surface area contributed by atoms with Crippen molar-refractivity contribution in [1.82, 2.24) is 0 Å². The lowest BCUT2D eigenvalue weighted by atomic mass is 9.78. The molecule has 0 aromatic heterocycles. The summed E-state index contributed by atoms with van der Waals surface area (Å²) >= 11 is 0. The average Bonchev–Trinajstić information content (AvgIpc) is 2.42. The van der Waals surface area contributed by atoms with Crippen LogP contribution in [0.5, 0.6) is 5.75 Å². The molecule has 0 saturated heterocycles. The van der Waals surface area contributed by atoms with Gasteiger partial charge in [0.15, 0.2) is 6.73 Å². The first-order chi connectivity index (χ1) is 11.3. The van der Waals surface area contributed by atoms with E-state index in [0.29, 0.717) is 12.5 Å². The van der Waals surface area contributed by atoms with Crippen LogP contribution in [0.4, 0.5) is 0 Å². The van der Waals surface area contributed by atoms with Crippen LogP contribution in [0.3, 0.4) is 0 Å². The SMILES string of the molecule is CCCCOC[N+](C)(C)Cc1cc(C(C)(C)C)c(O)c(C(C)(C)C)c1.[Cl-]. The third-order valence-electron chi connectivity index (χ3n) is 4.48. The van der Waals surface area contributed by atoms with E-state index in [9.17, 15) is 5.11 Å². The van der Waals surface area contributed by atoms with Crippen molar-refractivity contribution in [3.05, 3.63) is 28.8 Å². The van der Waals surface area contributed by atoms with E-state index in [-0.39, 0.29) is 23.2 Å². The number of benzene rings is 1. The Hall–Kier alpha value is -0.770. The first-order valence-corrected chi connectivity index (χ1v) is 9.54. The molecule has 0 aliphatic rings. The zero-order valence-electron chi connectivity index (χ0n) is 18.4. The Morgan fingerprint density at radius 1 is 0.962 bits per heavy atom. The number of phenols is 1. The highest BCUT2D eigenvalue weighted by atomic mass is 35.5. The van der Waals surface area contributed by atoms with E-state index in [2.05, 4.69) is 74.7 Å². The number of unbranched alkanes of at least 4 members (excludes halogenated alkanes) is 1. The molecular weight excluding hydrogens is 346 g/mol. The quantitative estimate of drug-likeness (QED) is 0.443. The first-order valence-electron chi connectivity index (χ1n) is 9.54. The summed E-state index contributed by atoms with van der Waals surface area (Å²) < 4.78 is 6.63. The minimum absolute atomic E-state index is 0. The zero-order chi connectivity index (χ0) is 19.5. The summed E-state index contributed by atoms with van der Waals surface area (Å²) in [4.78, 5) is 0. The Morgan fingerprint density at radius 2 is 1.42 bits per heavy atom. The lowest BCUT2D eigenvalue weighted by Gasteiger charge is -2.32. The van der Waals surface area contributed by atoms with Gasteiger partial charge in [-0.25, -0.2) is 0 Å². The second-order valence-electron chi connectivity index (χ2n) is 10.0. The normalized spacial score (nSPS) is 12.8. The molecule has 1 aromatic carbocycles. The van der Waals surface area contributed by atoms with Gasteiger partial charge in [-0.15, -0.1) is 0 Å². The summed E-state index contributed by atoms with van der Waals surface area (Å²) in [5.74, 6) is 0.452. The molecule has 0 radical (unpaired) electrons. The molecule has 1 rings (SSSR count). The predicted octanol–water partition coefficient (Wildman–Crippen LogP) is 2.34. The Kier molecular flexibility index (Phi) is 9.15. The second kappa shape index (κ2) is 9.43. The van der Waals surface area contributed by atoms with E-state index < -0.39 is 0 Å². The van der Waals surface area contributed by atoms with Crippen LogP contribution in [0.15, 0.2) is 12.1 Å². The molecule has 0 aliphatic heterocycles. The first kappa shape index (κ1) is 25.2. The standard InChI is InChI=1S/C22H39NO2.ClH/c1-10-11-12-25-16-23(8,9)15-17-13-18(21(2,3)4)20(24)19(14-17)22(5,6)7;/h13-14H,10-12,15-16H2,1-9H3;1H. The van der Waals surface area contributed by atoms with Crippen LogP contribution in [0.2, 0.25) is 0 Å². The number of phenolic OH excluding ortho intramolecular Hbond substituents is 1. The third kappa shape index (κ3) is 7.46. The highest BCUT2D eigenvalue weighted by molar-refractivity contribution is 5.49. The molecule has 0 amide bonds. The topological polar surface area (TPSA) is 29.5 Å². The fraction of sp³-hybridized carbons (Fsp3) is 0.727. The number of nitrogens with zero attached hydrogens (tertiary/aromatic N) is 1. The number of halogens is 1. The summed E-state index contributed by atoms with van der Waals surface area (Å²) in [6.07, 6.45) is 2.27. The molecule has 0 unspecified atom stereocenters. The number of hydrogen-bond acceptors (Lipinski definition) is 2. The highest BCUT2D eigenvalue weighted by Crippen LogP contribution is 2.40. The molecule has 152 valence electrons. The van der Waals surface area contributed by atoms with Crippen molar-refractivity contribution in [2.24, 2.45) is 0 Å². The smallest absolute Gasteiger partial charge is 0.182 e. The third-order valence-corrected chi connectivity index (χ3v) is 4.48. The van der Waals surface area contributed by atoms with Crippen molar-refractivity contribution in [3.63, 3.8) is 0 Å². The zero-order valence-corrected chi connectivity index (χ0v) is 19.1. The summed E-state index contributed by atoms with van der Waals surface area (Å²) in [6.45, 7) is 17.6. The van der Waals surface area contributed by atoms with E-state index in [1.54, 1.807) is 0 Å². The van der Waals surface area contributed by atoms with Crippen LogP contribution in [-0.4, -0.2) is 37.0 Å². The Labute approximate surface area is 167 Å². The van der Waals surface area contributed by atoms with Crippen molar-refractivity contribution >= 4 is 0 Å². The minimum Gasteiger partial charge on any atom is -1.00 e. The van der Waals surface area contributed by atoms with Crippen LogP contribution in [-0.2, 0) is 22.1 Å². The Morgan fingerprint density at radius 3 is 1.81 bits per heavy atom. The van der Waals surface area contributed by atoms with Gasteiger partial charge in [-0.05, 0) is 29.4 Å². The molecule has 0 atom stereocenters. The molecule has 0 saturated carbocycles. The number of rotatable bonds is 7. The van der Waals surface area contributed by atoms with Gasteiger partial charge in [-0.3, -0.25) is 0 Å². The molecule has 0 bridgehead atoms. The maximum absolute atomic E-state index is 10.9. The Bertz CT molecular complexity index is 533. The monoisotopic (exact) mass is 385 g/mol. The maximum atomic E-state index is 10.9. The Balaban J connectivity index is 0.00000625. The largest absolute Gasteiger partial charge is 1.00 e. The van der Waals surface area contributed by atoms with Gasteiger partial charge in [-0.1, -0.05) is 54.9 Å². The van der Waals surface area contributed by atoms with Gasteiger partial charge in [0, 0.05) is 16.7 Å². The predicted molar refractivity (Wildman–Crippen MR) is 107 cm³/mol. The van der Waals surface area contributed by atoms with Crippen LogP contribution in [0.1, 0.15) is 78.0 Å². The molecule has 3 nitrogen and oxygen atoms in total.